The third-order valence-corrected chi connectivity index (χ3v) is 7.18. The van der Waals surface area contributed by atoms with Gasteiger partial charge in [-0.1, -0.05) is 29.5 Å². The lowest BCUT2D eigenvalue weighted by Gasteiger charge is -2.14. The molecular formula is C29H29F2N7O6S. The van der Waals surface area contributed by atoms with Gasteiger partial charge < -0.3 is 30.3 Å². The Morgan fingerprint density at radius 1 is 0.911 bits per heavy atom. The number of hydrogen-bond donors (Lipinski definition) is 4. The first-order chi connectivity index (χ1) is 21.6. The highest BCUT2D eigenvalue weighted by Gasteiger charge is 2.28. The van der Waals surface area contributed by atoms with Gasteiger partial charge in [-0.3, -0.25) is 9.63 Å². The van der Waals surface area contributed by atoms with Crippen LogP contribution in [0.25, 0.3) is 10.4 Å². The third kappa shape index (κ3) is 8.47. The highest BCUT2D eigenvalue weighted by Crippen LogP contribution is 2.43. The van der Waals surface area contributed by atoms with E-state index in [0.717, 1.165) is 23.5 Å². The van der Waals surface area contributed by atoms with E-state index >= 15 is 0 Å². The quantitative estimate of drug-likeness (QED) is 0.169. The summed E-state index contributed by atoms with van der Waals surface area (Å²) in [4.78, 5) is 45.4. The van der Waals surface area contributed by atoms with E-state index < -0.39 is 36.2 Å². The number of rotatable bonds is 11. The summed E-state index contributed by atoms with van der Waals surface area (Å²) in [7, 11) is 6.33. The Balaban J connectivity index is 1.70. The largest absolute Gasteiger partial charge is 0.480 e. The molecule has 0 aliphatic carbocycles. The van der Waals surface area contributed by atoms with Gasteiger partial charge in [0.2, 0.25) is 5.88 Å². The highest BCUT2D eigenvalue weighted by atomic mass is 32.1. The number of urea groups is 1. The number of thiophene rings is 1. The maximum Gasteiger partial charge on any atom is 0.413 e. The molecule has 0 saturated carbocycles. The summed E-state index contributed by atoms with van der Waals surface area (Å²) < 4.78 is 38.8. The number of carbonyl (C=O) groups excluding carboxylic acids is 3. The van der Waals surface area contributed by atoms with Crippen LogP contribution in [0.15, 0.2) is 54.6 Å². The van der Waals surface area contributed by atoms with Gasteiger partial charge in [-0.2, -0.15) is 0 Å². The number of halogens is 2. The van der Waals surface area contributed by atoms with Gasteiger partial charge in [0.15, 0.2) is 10.9 Å². The SMILES string of the molecule is CONC(=O)Nc1ccc(-c2sc(OC(=O)NCc3c(F)cccc3F)c(C(=O)Nc3ccc(OC)nn3)c2CN(C)C)cc1. The van der Waals surface area contributed by atoms with Gasteiger partial charge in [0, 0.05) is 34.3 Å². The topological polar surface area (TPSA) is 156 Å². The van der Waals surface area contributed by atoms with Crippen molar-refractivity contribution in [2.45, 2.75) is 13.1 Å². The number of aromatic nitrogens is 2. The average molecular weight is 642 g/mol. The molecule has 236 valence electrons. The Bertz CT molecular complexity index is 1650. The first kappa shape index (κ1) is 32.7. The molecule has 0 atom stereocenters. The number of benzene rings is 2. The monoisotopic (exact) mass is 641 g/mol. The van der Waals surface area contributed by atoms with E-state index in [9.17, 15) is 23.2 Å². The Hall–Kier alpha value is -5.19. The second-order valence-electron chi connectivity index (χ2n) is 9.51. The van der Waals surface area contributed by atoms with Crippen LogP contribution in [0.5, 0.6) is 10.9 Å². The molecule has 4 N–H and O–H groups in total. The van der Waals surface area contributed by atoms with E-state index in [2.05, 4.69) is 36.5 Å². The van der Waals surface area contributed by atoms with Crippen LogP contribution >= 0.6 is 11.3 Å². The number of nitrogens with zero attached hydrogens (tertiary/aromatic N) is 3. The maximum absolute atomic E-state index is 14.1. The Kier molecular flexibility index (Phi) is 10.9. The van der Waals surface area contributed by atoms with Gasteiger partial charge in [0.05, 0.1) is 26.3 Å². The lowest BCUT2D eigenvalue weighted by Crippen LogP contribution is -2.28. The van der Waals surface area contributed by atoms with Crippen molar-refractivity contribution in [2.24, 2.45) is 0 Å². The van der Waals surface area contributed by atoms with E-state index in [-0.39, 0.29) is 34.4 Å². The first-order valence-corrected chi connectivity index (χ1v) is 14.0. The summed E-state index contributed by atoms with van der Waals surface area (Å²) in [6.07, 6.45) is -1.04. The number of anilines is 2. The number of ether oxygens (including phenoxy) is 2. The molecule has 0 saturated heterocycles. The third-order valence-electron chi connectivity index (χ3n) is 6.02. The van der Waals surface area contributed by atoms with Crippen molar-refractivity contribution in [2.75, 3.05) is 38.9 Å². The van der Waals surface area contributed by atoms with Gasteiger partial charge in [-0.15, -0.1) is 10.2 Å². The summed E-state index contributed by atoms with van der Waals surface area (Å²) in [6.45, 7) is -0.237. The zero-order chi connectivity index (χ0) is 32.5. The van der Waals surface area contributed by atoms with Crippen LogP contribution < -0.4 is 30.9 Å². The summed E-state index contributed by atoms with van der Waals surface area (Å²) in [5, 5.41) is 15.3. The van der Waals surface area contributed by atoms with Crippen molar-refractivity contribution in [3.8, 4) is 21.4 Å². The summed E-state index contributed by atoms with van der Waals surface area (Å²) in [6, 6.07) is 12.5. The zero-order valence-corrected chi connectivity index (χ0v) is 25.4. The lowest BCUT2D eigenvalue weighted by atomic mass is 10.0. The number of hydroxylamine groups is 1. The fourth-order valence-electron chi connectivity index (χ4n) is 4.05. The fourth-order valence-corrected chi connectivity index (χ4v) is 5.22. The van der Waals surface area contributed by atoms with E-state index in [1.165, 1.54) is 32.4 Å². The standard InChI is InChI=1S/C29H29F2N7O6S/c1-38(2)15-19-24(26(39)34-22-12-13-23(42-3)36-35-22)27(44-29(41)32-14-18-20(30)6-5-7-21(18)31)45-25(19)16-8-10-17(11-9-16)33-28(40)37-43-4/h5-13H,14-15H2,1-4H3,(H,32,41)(H2,33,37,40)(H,34,35,39). The maximum atomic E-state index is 14.1. The Morgan fingerprint density at radius 3 is 2.22 bits per heavy atom. The van der Waals surface area contributed by atoms with Crippen LogP contribution in [0.2, 0.25) is 0 Å². The minimum atomic E-state index is -1.04. The Morgan fingerprint density at radius 2 is 1.62 bits per heavy atom. The van der Waals surface area contributed by atoms with Crippen molar-refractivity contribution in [3.05, 3.63) is 82.9 Å². The molecule has 0 radical (unpaired) electrons. The molecule has 0 bridgehead atoms. The van der Waals surface area contributed by atoms with Gasteiger partial charge >= 0.3 is 12.1 Å². The molecular weight excluding hydrogens is 612 g/mol. The number of hydrogen-bond acceptors (Lipinski definition) is 10. The zero-order valence-electron chi connectivity index (χ0n) is 24.6. The summed E-state index contributed by atoms with van der Waals surface area (Å²) in [5.74, 6) is -1.96. The van der Waals surface area contributed by atoms with Crippen molar-refractivity contribution >= 4 is 40.9 Å². The highest BCUT2D eigenvalue weighted by molar-refractivity contribution is 7.18. The predicted molar refractivity (Wildman–Crippen MR) is 162 cm³/mol. The number of amides is 4. The van der Waals surface area contributed by atoms with Crippen LogP contribution in [-0.4, -0.2) is 61.4 Å². The van der Waals surface area contributed by atoms with Crippen LogP contribution in [0, 0.1) is 11.6 Å². The fraction of sp³-hybridized carbons (Fsp3) is 0.207. The van der Waals surface area contributed by atoms with Crippen molar-refractivity contribution in [1.29, 1.82) is 0 Å². The molecule has 0 spiro atoms. The Labute approximate surface area is 260 Å². The molecule has 13 nitrogen and oxygen atoms in total. The normalized spacial score (nSPS) is 10.7. The molecule has 0 fully saturated rings. The lowest BCUT2D eigenvalue weighted by molar-refractivity contribution is 0.102. The second-order valence-corrected chi connectivity index (χ2v) is 10.5. The molecule has 0 aliphatic rings. The molecule has 16 heteroatoms. The average Bonchev–Trinajstić information content (AvgIpc) is 3.34. The smallest absolute Gasteiger partial charge is 0.413 e. The van der Waals surface area contributed by atoms with E-state index in [4.69, 9.17) is 9.47 Å². The van der Waals surface area contributed by atoms with Crippen molar-refractivity contribution < 1.29 is 37.5 Å². The van der Waals surface area contributed by atoms with Gasteiger partial charge in [0.1, 0.15) is 11.6 Å². The van der Waals surface area contributed by atoms with Crippen LogP contribution in [-0.2, 0) is 17.9 Å². The first-order valence-electron chi connectivity index (χ1n) is 13.2. The minimum absolute atomic E-state index is 0.0372. The molecule has 4 rings (SSSR count). The van der Waals surface area contributed by atoms with E-state index in [1.807, 2.05) is 4.90 Å². The molecule has 2 heterocycles. The predicted octanol–water partition coefficient (Wildman–Crippen LogP) is 4.78. The molecule has 4 aromatic rings. The summed E-state index contributed by atoms with van der Waals surface area (Å²) in [5.41, 5.74) is 3.48. The van der Waals surface area contributed by atoms with Gasteiger partial charge in [-0.05, 0) is 50.0 Å². The molecule has 0 aliphatic heterocycles. The minimum Gasteiger partial charge on any atom is -0.480 e. The molecule has 2 aromatic carbocycles. The number of methoxy groups -OCH3 is 1. The number of carbonyl (C=O) groups is 3. The summed E-state index contributed by atoms with van der Waals surface area (Å²) >= 11 is 1.02. The van der Waals surface area contributed by atoms with Crippen LogP contribution in [0.3, 0.4) is 0 Å². The van der Waals surface area contributed by atoms with Crippen molar-refractivity contribution in [3.63, 3.8) is 0 Å². The molecule has 2 aromatic heterocycles. The van der Waals surface area contributed by atoms with E-state index in [1.54, 1.807) is 38.4 Å². The molecule has 4 amide bonds. The van der Waals surface area contributed by atoms with Crippen LogP contribution in [0.4, 0.5) is 29.9 Å². The van der Waals surface area contributed by atoms with E-state index in [0.29, 0.717) is 21.7 Å². The molecule has 0 unspecified atom stereocenters. The molecule has 45 heavy (non-hydrogen) atoms. The van der Waals surface area contributed by atoms with Crippen LogP contribution in [0.1, 0.15) is 21.5 Å². The van der Waals surface area contributed by atoms with Gasteiger partial charge in [0.25, 0.3) is 5.91 Å². The van der Waals surface area contributed by atoms with Crippen molar-refractivity contribution in [1.82, 2.24) is 25.9 Å². The second kappa shape index (κ2) is 15.0. The van der Waals surface area contributed by atoms with Gasteiger partial charge in [-0.25, -0.2) is 23.9 Å². The number of nitrogens with one attached hydrogen (secondary N) is 4.